The van der Waals surface area contributed by atoms with E-state index < -0.39 is 27.7 Å². The van der Waals surface area contributed by atoms with Crippen LogP contribution in [0.15, 0.2) is 18.2 Å². The molecule has 1 unspecified atom stereocenters. The zero-order valence-electron chi connectivity index (χ0n) is 12.6. The van der Waals surface area contributed by atoms with Gasteiger partial charge in [0.15, 0.2) is 0 Å². The average Bonchev–Trinajstić information content (AvgIpc) is 2.39. The molecule has 0 fully saturated rings. The van der Waals surface area contributed by atoms with E-state index in [0.29, 0.717) is 6.54 Å². The van der Waals surface area contributed by atoms with Crippen molar-refractivity contribution in [1.82, 2.24) is 4.90 Å². The van der Waals surface area contributed by atoms with E-state index in [9.17, 15) is 17.6 Å². The number of hydrogen-bond acceptors (Lipinski definition) is 4. The molecule has 1 rings (SSSR count). The largest absolute Gasteiger partial charge is 0.322 e. The normalized spacial score (nSPS) is 12.3. The quantitative estimate of drug-likeness (QED) is 0.895. The summed E-state index contributed by atoms with van der Waals surface area (Å²) in [5.74, 6) is -0.820. The molecule has 1 aromatic rings. The molecule has 0 aliphatic carbocycles. The Morgan fingerprint density at radius 3 is 2.64 bits per heavy atom. The second-order valence-electron chi connectivity index (χ2n) is 4.96. The molecule has 1 N–H and O–H groups in total. The van der Waals surface area contributed by atoms with Crippen LogP contribution in [0, 0.1) is 17.1 Å². The van der Waals surface area contributed by atoms with E-state index >= 15 is 0 Å². The van der Waals surface area contributed by atoms with Gasteiger partial charge < -0.3 is 10.2 Å². The Morgan fingerprint density at radius 2 is 2.14 bits per heavy atom. The van der Waals surface area contributed by atoms with Crippen molar-refractivity contribution < 1.29 is 17.6 Å². The Morgan fingerprint density at radius 1 is 1.50 bits per heavy atom. The van der Waals surface area contributed by atoms with Gasteiger partial charge in [-0.25, -0.2) is 17.6 Å². The van der Waals surface area contributed by atoms with Crippen molar-refractivity contribution in [2.24, 2.45) is 0 Å². The highest BCUT2D eigenvalue weighted by molar-refractivity contribution is 7.90. The Hall–Kier alpha value is -2.14. The van der Waals surface area contributed by atoms with Crippen LogP contribution < -0.4 is 5.32 Å². The van der Waals surface area contributed by atoms with Crippen molar-refractivity contribution >= 4 is 21.6 Å². The van der Waals surface area contributed by atoms with Crippen LogP contribution in [0.5, 0.6) is 0 Å². The lowest BCUT2D eigenvalue weighted by atomic mass is 10.2. The number of urea groups is 1. The van der Waals surface area contributed by atoms with Crippen molar-refractivity contribution in [3.8, 4) is 6.07 Å². The number of hydrogen-bond donors (Lipinski definition) is 1. The molecule has 0 aliphatic rings. The molecular formula is C14H18FN3O3S. The van der Waals surface area contributed by atoms with Gasteiger partial charge >= 0.3 is 6.03 Å². The number of carbonyl (C=O) groups is 1. The predicted molar refractivity (Wildman–Crippen MR) is 81.7 cm³/mol. The molecule has 1 aromatic carbocycles. The van der Waals surface area contributed by atoms with Crippen molar-refractivity contribution in [1.29, 1.82) is 5.26 Å². The number of amides is 2. The lowest BCUT2D eigenvalue weighted by Gasteiger charge is -2.27. The van der Waals surface area contributed by atoms with Crippen LogP contribution in [-0.4, -0.2) is 43.9 Å². The molecular weight excluding hydrogens is 309 g/mol. The molecule has 0 aromatic heterocycles. The van der Waals surface area contributed by atoms with Crippen LogP contribution in [0.2, 0.25) is 0 Å². The van der Waals surface area contributed by atoms with Gasteiger partial charge in [-0.05, 0) is 32.0 Å². The minimum absolute atomic E-state index is 0.152. The number of halogens is 1. The molecule has 6 nitrogen and oxygen atoms in total. The van der Waals surface area contributed by atoms with E-state index in [-0.39, 0.29) is 17.0 Å². The van der Waals surface area contributed by atoms with E-state index in [1.165, 1.54) is 17.0 Å². The van der Waals surface area contributed by atoms with Crippen molar-refractivity contribution in [2.75, 3.05) is 23.9 Å². The van der Waals surface area contributed by atoms with Gasteiger partial charge in [-0.3, -0.25) is 0 Å². The van der Waals surface area contributed by atoms with Crippen LogP contribution in [0.4, 0.5) is 14.9 Å². The molecule has 0 heterocycles. The first kappa shape index (κ1) is 17.9. The van der Waals surface area contributed by atoms with Gasteiger partial charge in [0.1, 0.15) is 21.7 Å². The maximum atomic E-state index is 13.2. The number of sulfone groups is 1. The van der Waals surface area contributed by atoms with E-state index in [2.05, 4.69) is 5.32 Å². The summed E-state index contributed by atoms with van der Waals surface area (Å²) < 4.78 is 35.9. The molecule has 0 bridgehead atoms. The molecule has 0 radical (unpaired) electrons. The zero-order chi connectivity index (χ0) is 16.9. The minimum atomic E-state index is -3.22. The first-order chi connectivity index (χ1) is 10.2. The maximum Gasteiger partial charge on any atom is 0.322 e. The fourth-order valence-corrected chi connectivity index (χ4v) is 3.12. The van der Waals surface area contributed by atoms with Crippen molar-refractivity contribution in [3.05, 3.63) is 29.6 Å². The summed E-state index contributed by atoms with van der Waals surface area (Å²) in [6.07, 6.45) is 1.11. The van der Waals surface area contributed by atoms with Gasteiger partial charge in [0, 0.05) is 24.5 Å². The van der Waals surface area contributed by atoms with Gasteiger partial charge in [-0.2, -0.15) is 5.26 Å². The number of carbonyl (C=O) groups excluding carboxylic acids is 1. The SMILES string of the molecule is CCN(C(=O)Nc1ccc(F)c(C#N)c1)C(C)CS(C)(=O)=O. The van der Waals surface area contributed by atoms with Crippen LogP contribution in [0.25, 0.3) is 0 Å². The first-order valence-corrected chi connectivity index (χ1v) is 8.69. The maximum absolute atomic E-state index is 13.2. The van der Waals surface area contributed by atoms with Gasteiger partial charge in [0.2, 0.25) is 0 Å². The number of rotatable bonds is 5. The number of nitrogens with one attached hydrogen (secondary N) is 1. The molecule has 8 heteroatoms. The highest BCUT2D eigenvalue weighted by atomic mass is 32.2. The summed E-state index contributed by atoms with van der Waals surface area (Å²) in [7, 11) is -3.22. The summed E-state index contributed by atoms with van der Waals surface area (Å²) in [6, 6.07) is 4.33. The van der Waals surface area contributed by atoms with Gasteiger partial charge in [-0.15, -0.1) is 0 Å². The second-order valence-corrected chi connectivity index (χ2v) is 7.15. The number of benzene rings is 1. The third-order valence-corrected chi connectivity index (χ3v) is 4.10. The summed E-state index contributed by atoms with van der Waals surface area (Å²) in [5.41, 5.74) is 0.0954. The van der Waals surface area contributed by atoms with Gasteiger partial charge in [0.25, 0.3) is 0 Å². The molecule has 0 aliphatic heterocycles. The molecule has 2 amide bonds. The predicted octanol–water partition coefficient (Wildman–Crippen LogP) is 1.98. The molecule has 1 atom stereocenters. The molecule has 0 saturated carbocycles. The third-order valence-electron chi connectivity index (χ3n) is 3.02. The Kier molecular flexibility index (Phi) is 5.88. The summed E-state index contributed by atoms with van der Waals surface area (Å²) in [6.45, 7) is 3.67. The first-order valence-electron chi connectivity index (χ1n) is 6.63. The third kappa shape index (κ3) is 5.00. The van der Waals surface area contributed by atoms with Gasteiger partial charge in [-0.1, -0.05) is 0 Å². The van der Waals surface area contributed by atoms with Gasteiger partial charge in [0.05, 0.1) is 11.3 Å². The smallest absolute Gasteiger partial charge is 0.321 e. The van der Waals surface area contributed by atoms with E-state index in [0.717, 1.165) is 12.3 Å². The topological polar surface area (TPSA) is 90.3 Å². The summed E-state index contributed by atoms with van der Waals surface area (Å²) in [4.78, 5) is 13.6. The van der Waals surface area contributed by atoms with E-state index in [1.807, 2.05) is 0 Å². The Bertz CT molecular complexity index is 698. The molecule has 0 spiro atoms. The Balaban J connectivity index is 2.88. The van der Waals surface area contributed by atoms with Crippen LogP contribution in [0.3, 0.4) is 0 Å². The zero-order valence-corrected chi connectivity index (χ0v) is 13.4. The van der Waals surface area contributed by atoms with Crippen LogP contribution >= 0.6 is 0 Å². The van der Waals surface area contributed by atoms with Crippen LogP contribution in [-0.2, 0) is 9.84 Å². The Labute approximate surface area is 129 Å². The molecule has 0 saturated heterocycles. The average molecular weight is 327 g/mol. The highest BCUT2D eigenvalue weighted by Crippen LogP contribution is 2.15. The number of nitrogens with zero attached hydrogens (tertiary/aromatic N) is 2. The fourth-order valence-electron chi connectivity index (χ4n) is 2.07. The van der Waals surface area contributed by atoms with E-state index in [4.69, 9.17) is 5.26 Å². The molecule has 120 valence electrons. The minimum Gasteiger partial charge on any atom is -0.321 e. The van der Waals surface area contributed by atoms with Crippen molar-refractivity contribution in [3.63, 3.8) is 0 Å². The fraction of sp³-hybridized carbons (Fsp3) is 0.429. The lowest BCUT2D eigenvalue weighted by molar-refractivity contribution is 0.201. The summed E-state index contributed by atoms with van der Waals surface area (Å²) in [5, 5.41) is 11.3. The highest BCUT2D eigenvalue weighted by Gasteiger charge is 2.22. The molecule has 22 heavy (non-hydrogen) atoms. The monoisotopic (exact) mass is 327 g/mol. The second kappa shape index (κ2) is 7.22. The number of anilines is 1. The van der Waals surface area contributed by atoms with Crippen molar-refractivity contribution in [2.45, 2.75) is 19.9 Å². The standard InChI is InChI=1S/C14H18FN3O3S/c1-4-18(10(2)9-22(3,20)21)14(19)17-12-5-6-13(15)11(7-12)8-16/h5-7,10H,4,9H2,1-3H3,(H,17,19). The van der Waals surface area contributed by atoms with Crippen LogP contribution in [0.1, 0.15) is 19.4 Å². The number of nitriles is 1. The summed E-state index contributed by atoms with van der Waals surface area (Å²) >= 11 is 0. The lowest BCUT2D eigenvalue weighted by Crippen LogP contribution is -2.44. The van der Waals surface area contributed by atoms with E-state index in [1.54, 1.807) is 19.9 Å².